The molecule has 9 heteroatoms. The van der Waals surface area contributed by atoms with E-state index in [-0.39, 0.29) is 15.8 Å². The van der Waals surface area contributed by atoms with Crippen molar-refractivity contribution in [2.75, 3.05) is 7.11 Å². The lowest BCUT2D eigenvalue weighted by Crippen LogP contribution is -2.45. The highest BCUT2D eigenvalue weighted by atomic mass is 35.5. The monoisotopic (exact) mass is 322 g/mol. The molecule has 7 nitrogen and oxygen atoms in total. The molecule has 1 aromatic rings. The molecule has 1 heterocycles. The molecular weight excluding hydrogens is 308 g/mol. The minimum absolute atomic E-state index is 0.239. The standard InChI is InChI=1S/C11H15ClN2O5S/c1-6(2)9(11(16)19-3)14-20(17,18)7-4-8(12)10(15)13-5-7/h4-6,9,14H,1-3H3,(H,13,15). The van der Waals surface area contributed by atoms with Gasteiger partial charge in [-0.3, -0.25) is 9.59 Å². The molecule has 1 atom stereocenters. The Morgan fingerprint density at radius 2 is 2.05 bits per heavy atom. The van der Waals surface area contributed by atoms with E-state index in [4.69, 9.17) is 11.6 Å². The number of hydrogen-bond donors (Lipinski definition) is 2. The van der Waals surface area contributed by atoms with E-state index in [0.717, 1.165) is 12.3 Å². The highest BCUT2D eigenvalue weighted by Gasteiger charge is 2.29. The summed E-state index contributed by atoms with van der Waals surface area (Å²) in [7, 11) is -2.83. The largest absolute Gasteiger partial charge is 0.468 e. The maximum atomic E-state index is 12.1. The Hall–Kier alpha value is -1.38. The molecule has 112 valence electrons. The molecule has 0 bridgehead atoms. The summed E-state index contributed by atoms with van der Waals surface area (Å²) in [6.07, 6.45) is 1.01. The fraction of sp³-hybridized carbons (Fsp3) is 0.455. The summed E-state index contributed by atoms with van der Waals surface area (Å²) in [5.74, 6) is -1.01. The second-order valence-electron chi connectivity index (χ2n) is 4.38. The van der Waals surface area contributed by atoms with Crippen LogP contribution < -0.4 is 10.3 Å². The summed E-state index contributed by atoms with van der Waals surface area (Å²) in [4.78, 5) is 24.6. The van der Waals surface area contributed by atoms with Crippen molar-refractivity contribution in [2.45, 2.75) is 24.8 Å². The Morgan fingerprint density at radius 1 is 1.45 bits per heavy atom. The maximum absolute atomic E-state index is 12.1. The third kappa shape index (κ3) is 3.81. The molecule has 0 spiro atoms. The number of rotatable bonds is 5. The SMILES string of the molecule is COC(=O)C(NS(=O)(=O)c1c[nH]c(=O)c(Cl)c1)C(C)C. The van der Waals surface area contributed by atoms with E-state index in [1.54, 1.807) is 13.8 Å². The molecule has 1 unspecified atom stereocenters. The Balaban J connectivity index is 3.12. The summed E-state index contributed by atoms with van der Waals surface area (Å²) in [5.41, 5.74) is -0.598. The fourth-order valence-corrected chi connectivity index (χ4v) is 2.97. The number of sulfonamides is 1. The van der Waals surface area contributed by atoms with Crippen molar-refractivity contribution in [3.8, 4) is 0 Å². The van der Waals surface area contributed by atoms with Crippen LogP contribution in [0.15, 0.2) is 22.0 Å². The smallest absolute Gasteiger partial charge is 0.324 e. The van der Waals surface area contributed by atoms with Gasteiger partial charge in [-0.1, -0.05) is 25.4 Å². The van der Waals surface area contributed by atoms with Crippen LogP contribution in [0.4, 0.5) is 0 Å². The Bertz CT molecular complexity index is 653. The van der Waals surface area contributed by atoms with Gasteiger partial charge in [0.05, 0.1) is 12.0 Å². The topological polar surface area (TPSA) is 105 Å². The fourth-order valence-electron chi connectivity index (χ4n) is 1.41. The van der Waals surface area contributed by atoms with Crippen molar-refractivity contribution < 1.29 is 17.9 Å². The summed E-state index contributed by atoms with van der Waals surface area (Å²) in [6.45, 7) is 3.34. The van der Waals surface area contributed by atoms with Gasteiger partial charge in [0.25, 0.3) is 5.56 Å². The summed E-state index contributed by atoms with van der Waals surface area (Å²) < 4.78 is 31.0. The molecule has 0 aliphatic carbocycles. The minimum Gasteiger partial charge on any atom is -0.468 e. The van der Waals surface area contributed by atoms with Crippen LogP contribution >= 0.6 is 11.6 Å². The van der Waals surface area contributed by atoms with Gasteiger partial charge in [-0.25, -0.2) is 8.42 Å². The average molecular weight is 323 g/mol. The number of halogens is 1. The summed E-state index contributed by atoms with van der Waals surface area (Å²) >= 11 is 5.58. The zero-order valence-corrected chi connectivity index (χ0v) is 12.7. The van der Waals surface area contributed by atoms with E-state index in [9.17, 15) is 18.0 Å². The maximum Gasteiger partial charge on any atom is 0.324 e. The van der Waals surface area contributed by atoms with Crippen molar-refractivity contribution in [1.29, 1.82) is 0 Å². The summed E-state index contributed by atoms with van der Waals surface area (Å²) in [5, 5.41) is -0.257. The molecule has 0 amide bonds. The van der Waals surface area contributed by atoms with Crippen molar-refractivity contribution in [1.82, 2.24) is 9.71 Å². The number of esters is 1. The van der Waals surface area contributed by atoms with Crippen LogP contribution in [-0.2, 0) is 19.6 Å². The number of carbonyl (C=O) groups excluding carboxylic acids is 1. The van der Waals surface area contributed by atoms with Crippen LogP contribution in [0.3, 0.4) is 0 Å². The number of carbonyl (C=O) groups is 1. The second kappa shape index (κ2) is 6.38. The third-order valence-electron chi connectivity index (χ3n) is 2.55. The van der Waals surface area contributed by atoms with Gasteiger partial charge in [-0.15, -0.1) is 0 Å². The minimum atomic E-state index is -4.00. The van der Waals surface area contributed by atoms with Gasteiger partial charge in [-0.2, -0.15) is 4.72 Å². The van der Waals surface area contributed by atoms with Gasteiger partial charge >= 0.3 is 5.97 Å². The molecule has 0 saturated heterocycles. The van der Waals surface area contributed by atoms with E-state index in [2.05, 4.69) is 14.4 Å². The molecule has 1 aromatic heterocycles. The van der Waals surface area contributed by atoms with Crippen LogP contribution in [-0.4, -0.2) is 32.5 Å². The van der Waals surface area contributed by atoms with Crippen LogP contribution in [0.1, 0.15) is 13.8 Å². The van der Waals surface area contributed by atoms with Crippen molar-refractivity contribution in [3.63, 3.8) is 0 Å². The van der Waals surface area contributed by atoms with Gasteiger partial charge in [0.15, 0.2) is 0 Å². The molecule has 0 saturated carbocycles. The highest BCUT2D eigenvalue weighted by molar-refractivity contribution is 7.89. The number of pyridine rings is 1. The van der Waals surface area contributed by atoms with Gasteiger partial charge in [-0.05, 0) is 12.0 Å². The van der Waals surface area contributed by atoms with Crippen molar-refractivity contribution in [3.05, 3.63) is 27.6 Å². The lowest BCUT2D eigenvalue weighted by Gasteiger charge is -2.19. The van der Waals surface area contributed by atoms with Crippen molar-refractivity contribution >= 4 is 27.6 Å². The van der Waals surface area contributed by atoms with Crippen LogP contribution in [0.2, 0.25) is 5.02 Å². The normalized spacial score (nSPS) is 13.2. The Labute approximate surface area is 121 Å². The average Bonchev–Trinajstić information content (AvgIpc) is 2.38. The third-order valence-corrected chi connectivity index (χ3v) is 4.25. The lowest BCUT2D eigenvalue weighted by molar-refractivity contribution is -0.143. The second-order valence-corrected chi connectivity index (χ2v) is 6.50. The van der Waals surface area contributed by atoms with Crippen LogP contribution in [0.5, 0.6) is 0 Å². The molecule has 0 fully saturated rings. The summed E-state index contributed by atoms with van der Waals surface area (Å²) in [6, 6.07) is -0.0205. The first-order valence-electron chi connectivity index (χ1n) is 5.67. The van der Waals surface area contributed by atoms with Gasteiger partial charge in [0.1, 0.15) is 11.1 Å². The molecule has 2 N–H and O–H groups in total. The van der Waals surface area contributed by atoms with Crippen molar-refractivity contribution in [2.24, 2.45) is 5.92 Å². The Morgan fingerprint density at radius 3 is 2.50 bits per heavy atom. The van der Waals surface area contributed by atoms with Gasteiger partial charge < -0.3 is 9.72 Å². The first kappa shape index (κ1) is 16.7. The molecular formula is C11H15ClN2O5S. The van der Waals surface area contributed by atoms with E-state index in [1.807, 2.05) is 0 Å². The van der Waals surface area contributed by atoms with E-state index >= 15 is 0 Å². The number of aromatic nitrogens is 1. The first-order chi connectivity index (χ1) is 9.19. The quantitative estimate of drug-likeness (QED) is 0.768. The van der Waals surface area contributed by atoms with E-state index in [0.29, 0.717) is 0 Å². The first-order valence-corrected chi connectivity index (χ1v) is 7.53. The zero-order valence-electron chi connectivity index (χ0n) is 11.1. The van der Waals surface area contributed by atoms with Gasteiger partial charge in [0, 0.05) is 6.20 Å². The number of methoxy groups -OCH3 is 1. The lowest BCUT2D eigenvalue weighted by atomic mass is 10.1. The number of aromatic amines is 1. The predicted molar refractivity (Wildman–Crippen MR) is 73.0 cm³/mol. The Kier molecular flexibility index (Phi) is 5.32. The predicted octanol–water partition coefficient (Wildman–Crippen LogP) is 0.504. The molecule has 0 aliphatic rings. The molecule has 0 aliphatic heterocycles. The molecule has 0 radical (unpaired) electrons. The van der Waals surface area contributed by atoms with Gasteiger partial charge in [0.2, 0.25) is 10.0 Å². The van der Waals surface area contributed by atoms with E-state index < -0.39 is 27.6 Å². The number of ether oxygens (including phenoxy) is 1. The molecule has 1 rings (SSSR count). The molecule has 20 heavy (non-hydrogen) atoms. The number of H-pyrrole nitrogens is 1. The van der Waals surface area contributed by atoms with Crippen LogP contribution in [0.25, 0.3) is 0 Å². The number of hydrogen-bond acceptors (Lipinski definition) is 5. The zero-order chi connectivity index (χ0) is 15.5. The highest BCUT2D eigenvalue weighted by Crippen LogP contribution is 2.13. The van der Waals surface area contributed by atoms with E-state index in [1.165, 1.54) is 7.11 Å². The molecule has 0 aromatic carbocycles. The van der Waals surface area contributed by atoms with Crippen LogP contribution in [0, 0.1) is 5.92 Å². The number of nitrogens with one attached hydrogen (secondary N) is 2.